The van der Waals surface area contributed by atoms with Gasteiger partial charge in [-0.1, -0.05) is 12.1 Å². The van der Waals surface area contributed by atoms with Crippen LogP contribution in [0.5, 0.6) is 0 Å². The number of rotatable bonds is 4. The second-order valence-corrected chi connectivity index (χ2v) is 7.27. The van der Waals surface area contributed by atoms with Crippen molar-refractivity contribution in [1.82, 2.24) is 14.9 Å². The summed E-state index contributed by atoms with van der Waals surface area (Å²) in [6, 6.07) is 7.78. The molecule has 3 aromatic rings. The first-order valence-electron chi connectivity index (χ1n) is 8.52. The smallest absolute Gasteiger partial charge is 0.222 e. The third-order valence-electron chi connectivity index (χ3n) is 4.60. The van der Waals surface area contributed by atoms with Gasteiger partial charge < -0.3 is 15.1 Å². The maximum absolute atomic E-state index is 12.5. The second-order valence-electron chi connectivity index (χ2n) is 6.38. The van der Waals surface area contributed by atoms with E-state index < -0.39 is 0 Å². The van der Waals surface area contributed by atoms with Gasteiger partial charge in [0, 0.05) is 24.9 Å². The van der Waals surface area contributed by atoms with E-state index in [9.17, 15) is 4.79 Å². The van der Waals surface area contributed by atoms with E-state index >= 15 is 0 Å². The zero-order valence-corrected chi connectivity index (χ0v) is 14.7. The molecule has 1 aliphatic rings. The minimum absolute atomic E-state index is 0.160. The number of hydrogen-bond donors (Lipinski definition) is 1. The summed E-state index contributed by atoms with van der Waals surface area (Å²) in [7, 11) is 0. The number of aryl methyl sites for hydroxylation is 1. The van der Waals surface area contributed by atoms with Crippen LogP contribution in [0, 0.1) is 0 Å². The average Bonchev–Trinajstić information content (AvgIpc) is 3.25. The maximum Gasteiger partial charge on any atom is 0.222 e. The highest BCUT2D eigenvalue weighted by molar-refractivity contribution is 7.13. The Bertz CT molecular complexity index is 855. The summed E-state index contributed by atoms with van der Waals surface area (Å²) in [5, 5.41) is 2.47. The molecule has 1 aliphatic heterocycles. The van der Waals surface area contributed by atoms with Crippen molar-refractivity contribution in [2.24, 2.45) is 0 Å². The van der Waals surface area contributed by atoms with Gasteiger partial charge in [-0.05, 0) is 31.4 Å². The molecular weight excluding hydrogens is 336 g/mol. The van der Waals surface area contributed by atoms with Crippen LogP contribution in [0.15, 0.2) is 34.1 Å². The summed E-state index contributed by atoms with van der Waals surface area (Å²) in [5.41, 5.74) is 8.21. The van der Waals surface area contributed by atoms with E-state index in [4.69, 9.17) is 10.2 Å². The van der Waals surface area contributed by atoms with Crippen molar-refractivity contribution >= 4 is 33.5 Å². The van der Waals surface area contributed by atoms with Crippen LogP contribution in [-0.4, -0.2) is 33.9 Å². The monoisotopic (exact) mass is 356 g/mol. The van der Waals surface area contributed by atoms with Crippen molar-refractivity contribution in [1.29, 1.82) is 0 Å². The minimum atomic E-state index is 0.160. The zero-order valence-electron chi connectivity index (χ0n) is 13.9. The molecule has 1 fully saturated rings. The van der Waals surface area contributed by atoms with Gasteiger partial charge >= 0.3 is 0 Å². The highest BCUT2D eigenvalue weighted by Gasteiger charge is 2.27. The number of nitrogens with zero attached hydrogens (tertiary/aromatic N) is 3. The molecule has 3 heterocycles. The Morgan fingerprint density at radius 1 is 1.36 bits per heavy atom. The lowest BCUT2D eigenvalue weighted by molar-refractivity contribution is -0.132. The second kappa shape index (κ2) is 6.84. The topological polar surface area (TPSA) is 85.2 Å². The minimum Gasteiger partial charge on any atom is -0.440 e. The van der Waals surface area contributed by atoms with Crippen LogP contribution in [0.3, 0.4) is 0 Å². The van der Waals surface area contributed by atoms with Crippen molar-refractivity contribution in [2.75, 3.05) is 18.8 Å². The molecule has 0 spiro atoms. The summed E-state index contributed by atoms with van der Waals surface area (Å²) in [6.45, 7) is 1.47. The third-order valence-corrected chi connectivity index (χ3v) is 5.32. The van der Waals surface area contributed by atoms with Crippen molar-refractivity contribution in [3.8, 4) is 0 Å². The van der Waals surface area contributed by atoms with Crippen LogP contribution in [0.1, 0.15) is 36.8 Å². The van der Waals surface area contributed by atoms with Crippen molar-refractivity contribution in [2.45, 2.75) is 31.6 Å². The molecule has 1 saturated heterocycles. The Morgan fingerprint density at radius 2 is 2.24 bits per heavy atom. The van der Waals surface area contributed by atoms with Crippen LogP contribution in [0.25, 0.3) is 11.1 Å². The molecule has 4 rings (SSSR count). The first-order valence-corrected chi connectivity index (χ1v) is 9.40. The highest BCUT2D eigenvalue weighted by Crippen LogP contribution is 2.29. The zero-order chi connectivity index (χ0) is 17.2. The van der Waals surface area contributed by atoms with Gasteiger partial charge in [0.1, 0.15) is 5.52 Å². The number of nitrogen functional groups attached to an aromatic ring is 1. The molecule has 7 heteroatoms. The van der Waals surface area contributed by atoms with Crippen molar-refractivity contribution in [3.63, 3.8) is 0 Å². The molecule has 25 heavy (non-hydrogen) atoms. The molecule has 6 nitrogen and oxygen atoms in total. The summed E-state index contributed by atoms with van der Waals surface area (Å²) in [5.74, 6) is 1.07. The molecule has 0 bridgehead atoms. The third kappa shape index (κ3) is 3.51. The Morgan fingerprint density at radius 3 is 3.04 bits per heavy atom. The first kappa shape index (κ1) is 16.1. The lowest BCUT2D eigenvalue weighted by atomic mass is 9.97. The van der Waals surface area contributed by atoms with E-state index in [1.165, 1.54) is 11.3 Å². The summed E-state index contributed by atoms with van der Waals surface area (Å²) in [4.78, 5) is 23.3. The number of fused-ring (bicyclic) bond motifs is 1. The molecule has 130 valence electrons. The molecule has 2 aromatic heterocycles. The SMILES string of the molecule is Nc1nc(CCC(=O)N2CCC[C@H](c3nc4ccccc4o3)C2)cs1. The van der Waals surface area contributed by atoms with Crippen LogP contribution in [0.4, 0.5) is 5.13 Å². The fourth-order valence-corrected chi connectivity index (χ4v) is 3.90. The van der Waals surface area contributed by atoms with Gasteiger partial charge in [0.05, 0.1) is 11.6 Å². The predicted octanol–water partition coefficient (Wildman–Crippen LogP) is 3.21. The van der Waals surface area contributed by atoms with Gasteiger partial charge in [0.2, 0.25) is 5.91 Å². The number of para-hydroxylation sites is 2. The van der Waals surface area contributed by atoms with Crippen molar-refractivity contribution in [3.05, 3.63) is 41.2 Å². The molecule has 0 unspecified atom stereocenters. The number of thiazole rings is 1. The quantitative estimate of drug-likeness (QED) is 0.776. The number of carbonyl (C=O) groups excluding carboxylic acids is 1. The Hall–Kier alpha value is -2.41. The molecular formula is C18H20N4O2S. The summed E-state index contributed by atoms with van der Waals surface area (Å²) >= 11 is 1.41. The average molecular weight is 356 g/mol. The number of amides is 1. The number of aromatic nitrogens is 2. The normalized spacial score (nSPS) is 17.9. The molecule has 2 N–H and O–H groups in total. The van der Waals surface area contributed by atoms with E-state index in [1.807, 2.05) is 34.5 Å². The number of piperidine rings is 1. The Labute approximate surface area is 149 Å². The van der Waals surface area contributed by atoms with Gasteiger partial charge in [-0.25, -0.2) is 9.97 Å². The van der Waals surface area contributed by atoms with E-state index in [2.05, 4.69) is 9.97 Å². The molecule has 0 aliphatic carbocycles. The number of oxazole rings is 1. The van der Waals surface area contributed by atoms with Gasteiger partial charge in [0.15, 0.2) is 16.6 Å². The molecule has 0 radical (unpaired) electrons. The van der Waals surface area contributed by atoms with Gasteiger partial charge in [-0.2, -0.15) is 0 Å². The number of anilines is 1. The standard InChI is InChI=1S/C18H20N4O2S/c19-18-20-13(11-25-18)7-8-16(23)22-9-3-4-12(10-22)17-21-14-5-1-2-6-15(14)24-17/h1-2,5-6,11-12H,3-4,7-10H2,(H2,19,20)/t12-/m0/s1. The summed E-state index contributed by atoms with van der Waals surface area (Å²) < 4.78 is 5.90. The molecule has 0 saturated carbocycles. The van der Waals surface area contributed by atoms with Crippen LogP contribution in [0.2, 0.25) is 0 Å². The summed E-state index contributed by atoms with van der Waals surface area (Å²) in [6.07, 6.45) is 3.07. The Kier molecular flexibility index (Phi) is 4.40. The number of likely N-dealkylation sites (tertiary alicyclic amines) is 1. The fourth-order valence-electron chi connectivity index (χ4n) is 3.30. The molecule has 1 amide bonds. The number of benzene rings is 1. The van der Waals surface area contributed by atoms with Crippen LogP contribution in [-0.2, 0) is 11.2 Å². The predicted molar refractivity (Wildman–Crippen MR) is 97.4 cm³/mol. The fraction of sp³-hybridized carbons (Fsp3) is 0.389. The van der Waals surface area contributed by atoms with Crippen LogP contribution >= 0.6 is 11.3 Å². The van der Waals surface area contributed by atoms with E-state index in [0.717, 1.165) is 42.1 Å². The van der Waals surface area contributed by atoms with Crippen LogP contribution < -0.4 is 5.73 Å². The van der Waals surface area contributed by atoms with E-state index in [0.29, 0.717) is 24.5 Å². The molecule has 1 atom stereocenters. The number of hydrogen-bond acceptors (Lipinski definition) is 6. The van der Waals surface area contributed by atoms with E-state index in [-0.39, 0.29) is 11.8 Å². The molecule has 1 aromatic carbocycles. The van der Waals surface area contributed by atoms with Crippen molar-refractivity contribution < 1.29 is 9.21 Å². The lowest BCUT2D eigenvalue weighted by Crippen LogP contribution is -2.39. The first-order chi connectivity index (χ1) is 12.2. The number of carbonyl (C=O) groups is 1. The van der Waals surface area contributed by atoms with E-state index in [1.54, 1.807) is 0 Å². The Balaban J connectivity index is 1.40. The number of nitrogens with two attached hydrogens (primary N) is 1. The lowest BCUT2D eigenvalue weighted by Gasteiger charge is -2.31. The maximum atomic E-state index is 12.5. The highest BCUT2D eigenvalue weighted by atomic mass is 32.1. The van der Waals surface area contributed by atoms with Gasteiger partial charge in [0.25, 0.3) is 0 Å². The largest absolute Gasteiger partial charge is 0.440 e. The van der Waals surface area contributed by atoms with Gasteiger partial charge in [-0.15, -0.1) is 11.3 Å². The van der Waals surface area contributed by atoms with Gasteiger partial charge in [-0.3, -0.25) is 4.79 Å².